The fraction of sp³-hybridized carbons (Fsp3) is 0. The number of rotatable bonds is 8. The fourth-order valence-electron chi connectivity index (χ4n) is 6.44. The highest BCUT2D eigenvalue weighted by molar-refractivity contribution is 7.18. The van der Waals surface area contributed by atoms with Gasteiger partial charge in [0, 0.05) is 43.5 Å². The van der Waals surface area contributed by atoms with Crippen molar-refractivity contribution < 1.29 is 0 Å². The van der Waals surface area contributed by atoms with Crippen LogP contribution < -0.4 is 21.3 Å². The van der Waals surface area contributed by atoms with E-state index in [0.717, 1.165) is 66.3 Å². The molecular weight excluding hydrogens is 613 g/mol. The topological polar surface area (TPSA) is 51.6 Å². The Morgan fingerprint density at radius 3 is 0.673 bits per heavy atom. The average molecular weight is 645 g/mol. The van der Waals surface area contributed by atoms with Crippen molar-refractivity contribution in [3.05, 3.63) is 194 Å². The Morgan fingerprint density at radius 1 is 0.224 bits per heavy atom. The zero-order valence-electron chi connectivity index (χ0n) is 26.8. The Morgan fingerprint density at radius 2 is 0.449 bits per heavy atom. The molecule has 49 heavy (non-hydrogen) atoms. The Kier molecular flexibility index (Phi) is 8.24. The van der Waals surface area contributed by atoms with Crippen molar-refractivity contribution >= 4 is 29.3 Å². The maximum atomic E-state index is 5.49. The second kappa shape index (κ2) is 13.4. The first-order valence-electron chi connectivity index (χ1n) is 16.4. The standard InChI is InChI=1S/C44H32N4Si/c1-5-17-33(18-6-1)37-25-13-29-41(45-37)49(42-30-14-26-38(46-42)34-19-7-2-8-20-34,43-31-15-27-39(47-43)35-21-9-3-10-22-35)44-32-16-28-40(48-44)36-23-11-4-12-24-36/h1-32H. The number of benzene rings is 4. The molecule has 0 bridgehead atoms. The van der Waals surface area contributed by atoms with Crippen molar-refractivity contribution in [2.45, 2.75) is 0 Å². The summed E-state index contributed by atoms with van der Waals surface area (Å²) in [5.41, 5.74) is 7.79. The van der Waals surface area contributed by atoms with Crippen LogP contribution >= 0.6 is 0 Å². The summed E-state index contributed by atoms with van der Waals surface area (Å²) in [5, 5.41) is 3.67. The monoisotopic (exact) mass is 644 g/mol. The molecule has 4 nitrogen and oxygen atoms in total. The third-order valence-electron chi connectivity index (χ3n) is 8.81. The number of aromatic nitrogens is 4. The molecule has 8 aromatic rings. The summed E-state index contributed by atoms with van der Waals surface area (Å²) in [6.07, 6.45) is 0. The van der Waals surface area contributed by atoms with Crippen LogP contribution in [0, 0.1) is 0 Å². The first kappa shape index (κ1) is 30.1. The molecule has 0 fully saturated rings. The van der Waals surface area contributed by atoms with E-state index in [-0.39, 0.29) is 0 Å². The summed E-state index contributed by atoms with van der Waals surface area (Å²) in [6.45, 7) is 0. The second-order valence-corrected chi connectivity index (χ2v) is 15.4. The van der Waals surface area contributed by atoms with Gasteiger partial charge in [0.05, 0.1) is 22.8 Å². The quantitative estimate of drug-likeness (QED) is 0.163. The van der Waals surface area contributed by atoms with Crippen LogP contribution in [0.3, 0.4) is 0 Å². The smallest absolute Gasteiger partial charge is 0.256 e. The predicted octanol–water partition coefficient (Wildman–Crippen LogP) is 7.31. The summed E-state index contributed by atoms with van der Waals surface area (Å²) in [7, 11) is -3.40. The molecule has 232 valence electrons. The van der Waals surface area contributed by atoms with E-state index in [4.69, 9.17) is 19.9 Å². The third kappa shape index (κ3) is 5.88. The second-order valence-electron chi connectivity index (χ2n) is 11.8. The molecule has 0 amide bonds. The predicted molar refractivity (Wildman–Crippen MR) is 203 cm³/mol. The van der Waals surface area contributed by atoms with Crippen molar-refractivity contribution in [2.24, 2.45) is 0 Å². The summed E-state index contributed by atoms with van der Waals surface area (Å²) < 4.78 is 0. The van der Waals surface area contributed by atoms with E-state index >= 15 is 0 Å². The highest BCUT2D eigenvalue weighted by atomic mass is 28.3. The van der Waals surface area contributed by atoms with Gasteiger partial charge in [0.15, 0.2) is 0 Å². The lowest BCUT2D eigenvalue weighted by atomic mass is 10.1. The molecule has 0 unspecified atom stereocenters. The summed E-state index contributed by atoms with van der Waals surface area (Å²) in [4.78, 5) is 22.0. The Bertz CT molecular complexity index is 1990. The summed E-state index contributed by atoms with van der Waals surface area (Å²) >= 11 is 0. The molecule has 0 N–H and O–H groups in total. The molecule has 0 saturated heterocycles. The van der Waals surface area contributed by atoms with E-state index < -0.39 is 8.07 Å². The van der Waals surface area contributed by atoms with Crippen LogP contribution in [0.1, 0.15) is 0 Å². The van der Waals surface area contributed by atoms with Crippen molar-refractivity contribution in [1.29, 1.82) is 0 Å². The first-order valence-corrected chi connectivity index (χ1v) is 18.4. The Hall–Kier alpha value is -6.30. The van der Waals surface area contributed by atoms with Crippen LogP contribution in [0.2, 0.25) is 0 Å². The van der Waals surface area contributed by atoms with Gasteiger partial charge in [-0.2, -0.15) is 0 Å². The number of pyridine rings is 4. The van der Waals surface area contributed by atoms with E-state index in [1.54, 1.807) is 0 Å². The van der Waals surface area contributed by atoms with Gasteiger partial charge in [-0.1, -0.05) is 146 Å². The first-order chi connectivity index (χ1) is 24.3. The number of nitrogens with zero attached hydrogens (tertiary/aromatic N) is 4. The maximum absolute atomic E-state index is 5.49. The minimum absolute atomic E-state index is 0.896. The molecule has 0 atom stereocenters. The SMILES string of the molecule is c1ccc(-c2cccc([Si](c3cccc(-c4ccccc4)n3)(c3cccc(-c4ccccc4)n3)c3cccc(-c4ccccc4)n3)n2)cc1. The largest absolute Gasteiger partial charge is 0.263 e. The van der Waals surface area contributed by atoms with Crippen LogP contribution in [0.15, 0.2) is 194 Å². The van der Waals surface area contributed by atoms with Crippen molar-refractivity contribution in [3.63, 3.8) is 0 Å². The minimum Gasteiger partial charge on any atom is -0.256 e. The van der Waals surface area contributed by atoms with Gasteiger partial charge < -0.3 is 0 Å². The molecule has 0 saturated carbocycles. The minimum atomic E-state index is -3.40. The van der Waals surface area contributed by atoms with Gasteiger partial charge in [-0.25, -0.2) is 0 Å². The van der Waals surface area contributed by atoms with Crippen molar-refractivity contribution in [3.8, 4) is 45.0 Å². The molecule has 5 heteroatoms. The van der Waals surface area contributed by atoms with E-state index in [1.165, 1.54) is 0 Å². The molecule has 0 spiro atoms. The van der Waals surface area contributed by atoms with E-state index in [1.807, 2.05) is 24.3 Å². The van der Waals surface area contributed by atoms with E-state index in [9.17, 15) is 0 Å². The van der Waals surface area contributed by atoms with Crippen molar-refractivity contribution in [1.82, 2.24) is 19.9 Å². The average Bonchev–Trinajstić information content (AvgIpc) is 3.20. The van der Waals surface area contributed by atoms with E-state index in [0.29, 0.717) is 0 Å². The van der Waals surface area contributed by atoms with Crippen LogP contribution in [-0.4, -0.2) is 28.0 Å². The lowest BCUT2D eigenvalue weighted by Crippen LogP contribution is -2.77. The van der Waals surface area contributed by atoms with Gasteiger partial charge in [0.1, 0.15) is 0 Å². The summed E-state index contributed by atoms with van der Waals surface area (Å²) in [6, 6.07) is 66.7. The van der Waals surface area contributed by atoms with Gasteiger partial charge in [0.25, 0.3) is 8.07 Å². The van der Waals surface area contributed by atoms with Crippen molar-refractivity contribution in [2.75, 3.05) is 0 Å². The van der Waals surface area contributed by atoms with Gasteiger partial charge in [-0.3, -0.25) is 19.9 Å². The van der Waals surface area contributed by atoms with Crippen LogP contribution in [0.25, 0.3) is 45.0 Å². The summed E-state index contributed by atoms with van der Waals surface area (Å²) in [5.74, 6) is 0. The lowest BCUT2D eigenvalue weighted by Gasteiger charge is -2.31. The lowest BCUT2D eigenvalue weighted by molar-refractivity contribution is 1.30. The molecule has 4 aromatic carbocycles. The zero-order chi connectivity index (χ0) is 32.9. The highest BCUT2D eigenvalue weighted by Gasteiger charge is 2.48. The fourth-order valence-corrected chi connectivity index (χ4v) is 10.6. The van der Waals surface area contributed by atoms with Crippen LogP contribution in [0.4, 0.5) is 0 Å². The maximum Gasteiger partial charge on any atom is 0.263 e. The van der Waals surface area contributed by atoms with Gasteiger partial charge in [-0.15, -0.1) is 0 Å². The molecule has 0 aliphatic heterocycles. The van der Waals surface area contributed by atoms with Crippen LogP contribution in [-0.2, 0) is 0 Å². The number of hydrogen-bond acceptors (Lipinski definition) is 4. The number of hydrogen-bond donors (Lipinski definition) is 0. The van der Waals surface area contributed by atoms with Gasteiger partial charge >= 0.3 is 0 Å². The molecular formula is C44H32N4Si. The Labute approximate surface area is 287 Å². The third-order valence-corrected chi connectivity index (χ3v) is 13.0. The van der Waals surface area contributed by atoms with Gasteiger partial charge in [0.2, 0.25) is 0 Å². The molecule has 4 heterocycles. The zero-order valence-corrected chi connectivity index (χ0v) is 27.8. The highest BCUT2D eigenvalue weighted by Crippen LogP contribution is 2.21. The molecule has 4 aromatic heterocycles. The van der Waals surface area contributed by atoms with E-state index in [2.05, 4.69) is 170 Å². The normalized spacial score (nSPS) is 11.3. The molecule has 0 aliphatic rings. The Balaban J connectivity index is 1.47. The molecule has 0 radical (unpaired) electrons. The molecule has 0 aliphatic carbocycles. The van der Waals surface area contributed by atoms with Crippen LogP contribution in [0.5, 0.6) is 0 Å². The van der Waals surface area contributed by atoms with Gasteiger partial charge in [-0.05, 0) is 48.5 Å². The molecule has 8 rings (SSSR count).